The Labute approximate surface area is 118 Å². The van der Waals surface area contributed by atoms with Crippen molar-refractivity contribution in [2.45, 2.75) is 0 Å². The number of nitrogens with zero attached hydrogens (tertiary/aromatic N) is 2. The number of primary amides is 2. The van der Waals surface area contributed by atoms with Crippen LogP contribution in [0.1, 0.15) is 10.4 Å². The van der Waals surface area contributed by atoms with Crippen molar-refractivity contribution in [3.05, 3.63) is 33.9 Å². The van der Waals surface area contributed by atoms with Crippen LogP contribution < -0.4 is 11.5 Å². The molecule has 3 amide bonds. The lowest BCUT2D eigenvalue weighted by molar-refractivity contribution is -0.385. The molecule has 0 saturated carbocycles. The summed E-state index contributed by atoms with van der Waals surface area (Å²) in [6.45, 7) is -1.11. The molecule has 1 rings (SSSR count). The SMILES string of the molecule is NC(=O)CN(CC(N)=O)C(=O)c1ccc([N+](=O)[O-])c(O)c1. The molecule has 10 heteroatoms. The van der Waals surface area contributed by atoms with Gasteiger partial charge in [-0.2, -0.15) is 0 Å². The maximum Gasteiger partial charge on any atom is 0.310 e. The average Bonchev–Trinajstić information content (AvgIpc) is 2.35. The predicted octanol–water partition coefficient (Wildman–Crippen LogP) is -1.29. The molecule has 0 aromatic heterocycles. The first-order chi connectivity index (χ1) is 9.72. The molecule has 0 fully saturated rings. The second-order valence-corrected chi connectivity index (χ2v) is 4.05. The van der Waals surface area contributed by atoms with E-state index < -0.39 is 47.2 Å². The minimum Gasteiger partial charge on any atom is -0.502 e. The van der Waals surface area contributed by atoms with Crippen molar-refractivity contribution in [1.82, 2.24) is 4.90 Å². The first kappa shape index (κ1) is 15.9. The minimum absolute atomic E-state index is 0.152. The fourth-order valence-electron chi connectivity index (χ4n) is 1.57. The quantitative estimate of drug-likeness (QED) is 0.435. The van der Waals surface area contributed by atoms with E-state index in [9.17, 15) is 29.6 Å². The van der Waals surface area contributed by atoms with E-state index in [4.69, 9.17) is 11.5 Å². The van der Waals surface area contributed by atoms with Crippen molar-refractivity contribution < 1.29 is 24.4 Å². The maximum atomic E-state index is 12.1. The van der Waals surface area contributed by atoms with Crippen LogP contribution in [-0.4, -0.2) is 45.7 Å². The Morgan fingerprint density at radius 3 is 2.10 bits per heavy atom. The number of nitro benzene ring substituents is 1. The lowest BCUT2D eigenvalue weighted by Crippen LogP contribution is -2.43. The minimum atomic E-state index is -0.865. The predicted molar refractivity (Wildman–Crippen MR) is 69.1 cm³/mol. The van der Waals surface area contributed by atoms with Crippen LogP contribution in [-0.2, 0) is 9.59 Å². The van der Waals surface area contributed by atoms with Crippen molar-refractivity contribution in [1.29, 1.82) is 0 Å². The van der Waals surface area contributed by atoms with Crippen LogP contribution in [0, 0.1) is 10.1 Å². The number of amides is 3. The highest BCUT2D eigenvalue weighted by molar-refractivity contribution is 5.99. The zero-order valence-electron chi connectivity index (χ0n) is 10.7. The van der Waals surface area contributed by atoms with Crippen molar-refractivity contribution >= 4 is 23.4 Å². The molecule has 0 atom stereocenters. The average molecular weight is 296 g/mol. The first-order valence-electron chi connectivity index (χ1n) is 5.55. The molecule has 21 heavy (non-hydrogen) atoms. The summed E-state index contributed by atoms with van der Waals surface area (Å²) in [5.41, 5.74) is 9.18. The topological polar surface area (TPSA) is 170 Å². The van der Waals surface area contributed by atoms with Crippen molar-refractivity contribution in [2.75, 3.05) is 13.1 Å². The number of phenols is 1. The van der Waals surface area contributed by atoms with Gasteiger partial charge in [-0.25, -0.2) is 0 Å². The number of aromatic hydroxyl groups is 1. The van der Waals surface area contributed by atoms with Gasteiger partial charge < -0.3 is 21.5 Å². The van der Waals surface area contributed by atoms with E-state index >= 15 is 0 Å². The van der Waals surface area contributed by atoms with Gasteiger partial charge in [0.2, 0.25) is 11.8 Å². The Morgan fingerprint density at radius 1 is 1.19 bits per heavy atom. The number of benzene rings is 1. The Bertz CT molecular complexity index is 599. The molecule has 0 radical (unpaired) electrons. The van der Waals surface area contributed by atoms with Crippen LogP contribution in [0.5, 0.6) is 5.75 Å². The van der Waals surface area contributed by atoms with Crippen LogP contribution in [0.3, 0.4) is 0 Å². The number of phenolic OH excluding ortho intramolecular Hbond substituents is 1. The van der Waals surface area contributed by atoms with Gasteiger partial charge in [0, 0.05) is 11.6 Å². The number of rotatable bonds is 6. The largest absolute Gasteiger partial charge is 0.502 e. The summed E-state index contributed by atoms with van der Waals surface area (Å²) in [6.07, 6.45) is 0. The van der Waals surface area contributed by atoms with Gasteiger partial charge in [0.15, 0.2) is 5.75 Å². The van der Waals surface area contributed by atoms with Crippen LogP contribution in [0.15, 0.2) is 18.2 Å². The molecular formula is C11H12N4O6. The van der Waals surface area contributed by atoms with Crippen molar-refractivity contribution in [3.63, 3.8) is 0 Å². The Balaban J connectivity index is 3.08. The molecule has 10 nitrogen and oxygen atoms in total. The molecule has 0 heterocycles. The summed E-state index contributed by atoms with van der Waals surface area (Å²) in [6, 6.07) is 2.86. The third-order valence-corrected chi connectivity index (χ3v) is 2.40. The zero-order valence-corrected chi connectivity index (χ0v) is 10.7. The van der Waals surface area contributed by atoms with Gasteiger partial charge >= 0.3 is 5.69 Å². The normalized spacial score (nSPS) is 9.90. The molecule has 1 aromatic rings. The summed E-state index contributed by atoms with van der Waals surface area (Å²) in [7, 11) is 0. The summed E-state index contributed by atoms with van der Waals surface area (Å²) in [5.74, 6) is -3.27. The number of nitro groups is 1. The fourth-order valence-corrected chi connectivity index (χ4v) is 1.57. The second kappa shape index (κ2) is 6.32. The molecule has 0 bridgehead atoms. The number of hydrogen-bond donors (Lipinski definition) is 3. The molecular weight excluding hydrogens is 284 g/mol. The van der Waals surface area contributed by atoms with E-state index in [1.165, 1.54) is 0 Å². The highest BCUT2D eigenvalue weighted by atomic mass is 16.6. The zero-order chi connectivity index (χ0) is 16.2. The van der Waals surface area contributed by atoms with Crippen molar-refractivity contribution in [2.24, 2.45) is 11.5 Å². The molecule has 0 aliphatic rings. The van der Waals surface area contributed by atoms with E-state index in [-0.39, 0.29) is 5.56 Å². The maximum absolute atomic E-state index is 12.1. The Hall–Kier alpha value is -3.17. The monoisotopic (exact) mass is 296 g/mol. The molecule has 5 N–H and O–H groups in total. The molecule has 1 aromatic carbocycles. The number of hydrogen-bond acceptors (Lipinski definition) is 6. The highest BCUT2D eigenvalue weighted by Crippen LogP contribution is 2.26. The molecule has 0 aliphatic heterocycles. The van der Waals surface area contributed by atoms with Gasteiger partial charge in [-0.1, -0.05) is 0 Å². The standard InChI is InChI=1S/C11H12N4O6/c12-9(17)4-14(5-10(13)18)11(19)6-1-2-7(15(20)21)8(16)3-6/h1-3,16H,4-5H2,(H2,12,17)(H2,13,18). The van der Waals surface area contributed by atoms with Gasteiger partial charge in [0.05, 0.1) is 4.92 Å². The van der Waals surface area contributed by atoms with Gasteiger partial charge in [0.1, 0.15) is 13.1 Å². The number of nitrogens with two attached hydrogens (primary N) is 2. The van der Waals surface area contributed by atoms with Gasteiger partial charge in [-0.15, -0.1) is 0 Å². The number of carbonyl (C=O) groups is 3. The van der Waals surface area contributed by atoms with Crippen molar-refractivity contribution in [3.8, 4) is 5.75 Å². The van der Waals surface area contributed by atoms with Crippen LogP contribution in [0.4, 0.5) is 5.69 Å². The summed E-state index contributed by atoms with van der Waals surface area (Å²) < 4.78 is 0. The van der Waals surface area contributed by atoms with Gasteiger partial charge in [-0.3, -0.25) is 24.5 Å². The van der Waals surface area contributed by atoms with E-state index in [1.807, 2.05) is 0 Å². The van der Waals surface area contributed by atoms with Crippen LogP contribution in [0.25, 0.3) is 0 Å². The lowest BCUT2D eigenvalue weighted by Gasteiger charge is -2.19. The summed E-state index contributed by atoms with van der Waals surface area (Å²) in [4.78, 5) is 44.3. The van der Waals surface area contributed by atoms with E-state index in [2.05, 4.69) is 0 Å². The van der Waals surface area contributed by atoms with Crippen LogP contribution >= 0.6 is 0 Å². The lowest BCUT2D eigenvalue weighted by atomic mass is 10.1. The van der Waals surface area contributed by atoms with Gasteiger partial charge in [-0.05, 0) is 12.1 Å². The Morgan fingerprint density at radius 2 is 1.71 bits per heavy atom. The third-order valence-electron chi connectivity index (χ3n) is 2.40. The second-order valence-electron chi connectivity index (χ2n) is 4.05. The van der Waals surface area contributed by atoms with E-state index in [0.717, 1.165) is 23.1 Å². The number of carbonyl (C=O) groups excluding carboxylic acids is 3. The molecule has 0 unspecified atom stereocenters. The molecule has 112 valence electrons. The third kappa shape index (κ3) is 4.16. The summed E-state index contributed by atoms with van der Waals surface area (Å²) in [5, 5.41) is 20.0. The van der Waals surface area contributed by atoms with Gasteiger partial charge in [0.25, 0.3) is 5.91 Å². The summed E-state index contributed by atoms with van der Waals surface area (Å²) >= 11 is 0. The molecule has 0 aliphatic carbocycles. The molecule has 0 spiro atoms. The van der Waals surface area contributed by atoms with E-state index in [0.29, 0.717) is 0 Å². The smallest absolute Gasteiger partial charge is 0.310 e. The van der Waals surface area contributed by atoms with Crippen LogP contribution in [0.2, 0.25) is 0 Å². The first-order valence-corrected chi connectivity index (χ1v) is 5.55. The van der Waals surface area contributed by atoms with E-state index in [1.54, 1.807) is 0 Å². The fraction of sp³-hybridized carbons (Fsp3) is 0.182. The molecule has 0 saturated heterocycles. The Kier molecular flexibility index (Phi) is 4.78. The highest BCUT2D eigenvalue weighted by Gasteiger charge is 2.22.